The molecule has 0 unspecified atom stereocenters. The molecule has 0 atom stereocenters. The van der Waals surface area contributed by atoms with E-state index in [4.69, 9.17) is 14.0 Å². The van der Waals surface area contributed by atoms with Crippen molar-refractivity contribution in [2.24, 2.45) is 0 Å². The number of nitrogens with zero attached hydrogens (tertiary/aromatic N) is 1. The Hall–Kier alpha value is -1.73. The van der Waals surface area contributed by atoms with Crippen molar-refractivity contribution in [2.75, 3.05) is 6.61 Å². The fourth-order valence-corrected chi connectivity index (χ4v) is 2.19. The van der Waals surface area contributed by atoms with Gasteiger partial charge in [0.15, 0.2) is 0 Å². The summed E-state index contributed by atoms with van der Waals surface area (Å²) in [6.45, 7) is 11.1. The number of carbonyl (C=O) groups excluding carboxylic acids is 1. The van der Waals surface area contributed by atoms with Crippen LogP contribution in [-0.2, 0) is 14.0 Å². The number of carbonyl (C=O) groups is 1. The smallest absolute Gasteiger partial charge is 0.462 e. The highest BCUT2D eigenvalue weighted by Gasteiger charge is 2.53. The number of hydrogen-bond donors (Lipinski definition) is 0. The van der Waals surface area contributed by atoms with E-state index in [1.54, 1.807) is 19.9 Å². The highest BCUT2D eigenvalue weighted by molar-refractivity contribution is 6.54. The van der Waals surface area contributed by atoms with E-state index in [-0.39, 0.29) is 12.2 Å². The van der Waals surface area contributed by atoms with Crippen LogP contribution in [0.4, 0.5) is 4.39 Å². The van der Waals surface area contributed by atoms with Gasteiger partial charge in [-0.1, -0.05) is 0 Å². The second-order valence-corrected chi connectivity index (χ2v) is 6.74. The number of esters is 1. The fourth-order valence-electron chi connectivity index (χ4n) is 2.19. The first-order chi connectivity index (χ1) is 11.1. The SMILES string of the molecule is CCOC(=O)c1cnc(C)c(/C=C(\F)B2OC(C)(C)C(C)(C)O2)c1. The minimum absolute atomic E-state index is 0.264. The summed E-state index contributed by atoms with van der Waals surface area (Å²) in [5, 5.41) is 0. The Kier molecular flexibility index (Phi) is 5.15. The van der Waals surface area contributed by atoms with Gasteiger partial charge in [-0.3, -0.25) is 4.98 Å². The number of aromatic nitrogens is 1. The van der Waals surface area contributed by atoms with Gasteiger partial charge in [-0.25, -0.2) is 9.18 Å². The molecule has 0 saturated carbocycles. The number of pyridine rings is 1. The van der Waals surface area contributed by atoms with Gasteiger partial charge in [0.2, 0.25) is 0 Å². The molecular weight excluding hydrogens is 312 g/mol. The van der Waals surface area contributed by atoms with Crippen molar-refractivity contribution in [3.63, 3.8) is 0 Å². The van der Waals surface area contributed by atoms with Crippen LogP contribution in [-0.4, -0.2) is 35.9 Å². The minimum Gasteiger partial charge on any atom is -0.462 e. The van der Waals surface area contributed by atoms with Crippen LogP contribution < -0.4 is 0 Å². The van der Waals surface area contributed by atoms with Crippen molar-refractivity contribution in [2.45, 2.75) is 52.7 Å². The predicted octanol–water partition coefficient (Wildman–Crippen LogP) is 3.51. The summed E-state index contributed by atoms with van der Waals surface area (Å²) in [5.41, 5.74) is -0.469. The zero-order valence-electron chi connectivity index (χ0n) is 15.0. The second-order valence-electron chi connectivity index (χ2n) is 6.74. The zero-order chi connectivity index (χ0) is 18.1. The number of hydrogen-bond acceptors (Lipinski definition) is 5. The van der Waals surface area contributed by atoms with E-state index in [0.29, 0.717) is 11.3 Å². The van der Waals surface area contributed by atoms with Gasteiger partial charge in [0, 0.05) is 11.9 Å². The maximum absolute atomic E-state index is 14.6. The molecule has 130 valence electrons. The summed E-state index contributed by atoms with van der Waals surface area (Å²) in [6.07, 6.45) is 2.70. The largest absolute Gasteiger partial charge is 0.525 e. The summed E-state index contributed by atoms with van der Waals surface area (Å²) >= 11 is 0. The summed E-state index contributed by atoms with van der Waals surface area (Å²) in [7, 11) is -1.08. The maximum Gasteiger partial charge on any atom is 0.525 e. The van der Waals surface area contributed by atoms with E-state index in [1.165, 1.54) is 12.3 Å². The Morgan fingerprint density at radius 1 is 1.33 bits per heavy atom. The summed E-state index contributed by atoms with van der Waals surface area (Å²) in [5.74, 6) is -0.490. The van der Waals surface area contributed by atoms with E-state index in [0.717, 1.165) is 0 Å². The van der Waals surface area contributed by atoms with Crippen LogP contribution in [0.15, 0.2) is 18.0 Å². The lowest BCUT2D eigenvalue weighted by Crippen LogP contribution is -2.41. The van der Waals surface area contributed by atoms with Crippen LogP contribution in [0, 0.1) is 6.92 Å². The van der Waals surface area contributed by atoms with Crippen molar-refractivity contribution in [3.05, 3.63) is 34.8 Å². The molecule has 2 rings (SSSR count). The Labute approximate surface area is 142 Å². The molecule has 0 aliphatic carbocycles. The highest BCUT2D eigenvalue weighted by Crippen LogP contribution is 2.39. The van der Waals surface area contributed by atoms with Crippen molar-refractivity contribution < 1.29 is 23.2 Å². The molecule has 1 aromatic rings. The first-order valence-corrected chi connectivity index (χ1v) is 7.94. The number of aryl methyl sites for hydroxylation is 1. The van der Waals surface area contributed by atoms with Crippen molar-refractivity contribution in [1.82, 2.24) is 4.98 Å². The lowest BCUT2D eigenvalue weighted by molar-refractivity contribution is 0.00578. The zero-order valence-corrected chi connectivity index (χ0v) is 15.0. The first kappa shape index (κ1) is 18.6. The van der Waals surface area contributed by atoms with Crippen LogP contribution in [0.1, 0.15) is 56.2 Å². The topological polar surface area (TPSA) is 57.7 Å². The molecule has 1 aliphatic rings. The third kappa shape index (κ3) is 3.67. The lowest BCUT2D eigenvalue weighted by Gasteiger charge is -2.32. The van der Waals surface area contributed by atoms with Gasteiger partial charge < -0.3 is 14.0 Å². The molecule has 24 heavy (non-hydrogen) atoms. The van der Waals surface area contributed by atoms with Crippen LogP contribution in [0.25, 0.3) is 6.08 Å². The number of ether oxygens (including phenoxy) is 1. The Morgan fingerprint density at radius 2 is 1.92 bits per heavy atom. The Balaban J connectivity index is 2.28. The molecule has 0 bridgehead atoms. The third-order valence-corrected chi connectivity index (χ3v) is 4.41. The molecule has 0 N–H and O–H groups in total. The predicted molar refractivity (Wildman–Crippen MR) is 90.1 cm³/mol. The molecule has 0 aromatic carbocycles. The molecular formula is C17H23BFNO4. The summed E-state index contributed by atoms with van der Waals surface area (Å²) in [4.78, 5) is 15.9. The highest BCUT2D eigenvalue weighted by atomic mass is 19.1. The van der Waals surface area contributed by atoms with Gasteiger partial charge >= 0.3 is 13.1 Å². The average molecular weight is 335 g/mol. The molecule has 0 spiro atoms. The molecule has 1 aromatic heterocycles. The normalized spacial score (nSPS) is 19.5. The monoisotopic (exact) mass is 335 g/mol. The fraction of sp³-hybridized carbons (Fsp3) is 0.529. The number of halogens is 1. The molecule has 0 amide bonds. The minimum atomic E-state index is -1.08. The Morgan fingerprint density at radius 3 is 2.46 bits per heavy atom. The van der Waals surface area contributed by atoms with E-state index < -0.39 is 30.0 Å². The van der Waals surface area contributed by atoms with Gasteiger partial charge in [0.25, 0.3) is 0 Å². The van der Waals surface area contributed by atoms with Gasteiger partial charge in [-0.2, -0.15) is 0 Å². The number of rotatable bonds is 4. The van der Waals surface area contributed by atoms with Gasteiger partial charge in [0.1, 0.15) is 5.73 Å². The van der Waals surface area contributed by atoms with E-state index in [2.05, 4.69) is 4.98 Å². The molecule has 1 saturated heterocycles. The average Bonchev–Trinajstić information content (AvgIpc) is 2.70. The van der Waals surface area contributed by atoms with Crippen molar-refractivity contribution in [3.8, 4) is 0 Å². The van der Waals surface area contributed by atoms with Crippen LogP contribution >= 0.6 is 0 Å². The van der Waals surface area contributed by atoms with E-state index in [9.17, 15) is 9.18 Å². The maximum atomic E-state index is 14.6. The second kappa shape index (κ2) is 6.65. The Bertz CT molecular complexity index is 657. The molecule has 5 nitrogen and oxygen atoms in total. The van der Waals surface area contributed by atoms with E-state index >= 15 is 0 Å². The lowest BCUT2D eigenvalue weighted by atomic mass is 9.86. The van der Waals surface area contributed by atoms with Crippen molar-refractivity contribution in [1.29, 1.82) is 0 Å². The molecule has 7 heteroatoms. The van der Waals surface area contributed by atoms with Gasteiger partial charge in [-0.05, 0) is 59.2 Å². The van der Waals surface area contributed by atoms with Gasteiger partial charge in [-0.15, -0.1) is 0 Å². The summed E-state index contributed by atoms with van der Waals surface area (Å²) in [6, 6.07) is 1.55. The standard InChI is InChI=1S/C17H23BFNO4/c1-7-22-15(21)13-8-12(11(2)20-10-13)9-14(19)18-23-16(3,4)17(5,6)24-18/h8-10H,7H2,1-6H3/b14-9-. The molecule has 2 heterocycles. The van der Waals surface area contributed by atoms with Crippen LogP contribution in [0.5, 0.6) is 0 Å². The van der Waals surface area contributed by atoms with Crippen molar-refractivity contribution >= 4 is 19.2 Å². The van der Waals surface area contributed by atoms with E-state index in [1.807, 2.05) is 27.7 Å². The van der Waals surface area contributed by atoms with Crippen LogP contribution in [0.3, 0.4) is 0 Å². The molecule has 1 fully saturated rings. The quantitative estimate of drug-likeness (QED) is 0.623. The molecule has 0 radical (unpaired) electrons. The van der Waals surface area contributed by atoms with Crippen LogP contribution in [0.2, 0.25) is 0 Å². The third-order valence-electron chi connectivity index (χ3n) is 4.41. The first-order valence-electron chi connectivity index (χ1n) is 7.94. The molecule has 1 aliphatic heterocycles. The summed E-state index contributed by atoms with van der Waals surface area (Å²) < 4.78 is 30.9. The van der Waals surface area contributed by atoms with Gasteiger partial charge in [0.05, 0.1) is 23.4 Å².